The molecule has 2 atom stereocenters. The highest BCUT2D eigenvalue weighted by Gasteiger charge is 2.31. The minimum Gasteiger partial charge on any atom is -0.445 e. The van der Waals surface area contributed by atoms with Gasteiger partial charge in [-0.05, 0) is 51.8 Å². The van der Waals surface area contributed by atoms with Crippen LogP contribution in [0.15, 0.2) is 48.8 Å². The van der Waals surface area contributed by atoms with Crippen molar-refractivity contribution in [3.8, 4) is 0 Å². The first-order valence-corrected chi connectivity index (χ1v) is 10.7. The van der Waals surface area contributed by atoms with Gasteiger partial charge in [0, 0.05) is 17.3 Å². The highest BCUT2D eigenvalue weighted by Crippen LogP contribution is 2.38. The molecule has 8 nitrogen and oxygen atoms in total. The lowest BCUT2D eigenvalue weighted by atomic mass is 9.92. The zero-order valence-corrected chi connectivity index (χ0v) is 18.7. The van der Waals surface area contributed by atoms with E-state index >= 15 is 0 Å². The number of fused-ring (bicyclic) bond motifs is 3. The van der Waals surface area contributed by atoms with E-state index in [-0.39, 0.29) is 18.7 Å². The van der Waals surface area contributed by atoms with Crippen molar-refractivity contribution in [3.05, 3.63) is 59.9 Å². The van der Waals surface area contributed by atoms with Gasteiger partial charge in [0.05, 0.1) is 17.1 Å². The molecule has 0 aliphatic carbocycles. The number of ether oxygens (including phenoxy) is 2. The topological polar surface area (TPSA) is 94.5 Å². The molecule has 0 saturated heterocycles. The van der Waals surface area contributed by atoms with Crippen LogP contribution in [0.3, 0.4) is 0 Å². The van der Waals surface area contributed by atoms with Crippen LogP contribution < -0.4 is 10.6 Å². The Bertz CT molecular complexity index is 1130. The smallest absolute Gasteiger partial charge is 0.420 e. The van der Waals surface area contributed by atoms with E-state index in [2.05, 4.69) is 15.6 Å². The number of nitrogens with zero attached hydrogens (tertiary/aromatic N) is 2. The number of imidazole rings is 1. The quantitative estimate of drug-likeness (QED) is 0.601. The zero-order valence-electron chi connectivity index (χ0n) is 18.7. The van der Waals surface area contributed by atoms with Crippen molar-refractivity contribution in [2.75, 3.05) is 5.32 Å². The molecule has 0 unspecified atom stereocenters. The molecule has 4 rings (SSSR count). The van der Waals surface area contributed by atoms with E-state index in [1.807, 2.05) is 70.2 Å². The minimum atomic E-state index is -0.645. The number of aromatic nitrogens is 2. The van der Waals surface area contributed by atoms with Crippen molar-refractivity contribution in [3.63, 3.8) is 0 Å². The van der Waals surface area contributed by atoms with Gasteiger partial charge < -0.3 is 20.1 Å². The number of carbonyl (C=O) groups excluding carboxylic acids is 2. The van der Waals surface area contributed by atoms with Gasteiger partial charge in [-0.25, -0.2) is 19.1 Å². The Hall–Kier alpha value is -3.55. The van der Waals surface area contributed by atoms with Gasteiger partial charge in [0.1, 0.15) is 18.5 Å². The number of rotatable bonds is 3. The van der Waals surface area contributed by atoms with E-state index in [0.717, 1.165) is 16.8 Å². The third-order valence-electron chi connectivity index (χ3n) is 5.18. The molecule has 0 saturated carbocycles. The highest BCUT2D eigenvalue weighted by atomic mass is 16.6. The summed E-state index contributed by atoms with van der Waals surface area (Å²) in [6.45, 7) is 7.67. The van der Waals surface area contributed by atoms with Crippen molar-refractivity contribution in [1.82, 2.24) is 14.9 Å². The number of anilines is 1. The van der Waals surface area contributed by atoms with Crippen molar-refractivity contribution in [2.45, 2.75) is 58.4 Å². The number of hydrogen-bond acceptors (Lipinski definition) is 6. The first-order chi connectivity index (χ1) is 15.2. The fourth-order valence-electron chi connectivity index (χ4n) is 3.89. The van der Waals surface area contributed by atoms with E-state index < -0.39 is 17.8 Å². The molecular formula is C24H28N4O4. The Balaban J connectivity index is 1.63. The molecule has 0 spiro atoms. The molecule has 1 aliphatic heterocycles. The molecular weight excluding hydrogens is 408 g/mol. The summed E-state index contributed by atoms with van der Waals surface area (Å²) in [4.78, 5) is 29.8. The van der Waals surface area contributed by atoms with E-state index in [9.17, 15) is 9.59 Å². The first kappa shape index (κ1) is 21.7. The van der Waals surface area contributed by atoms with Gasteiger partial charge in [-0.1, -0.05) is 30.3 Å². The lowest BCUT2D eigenvalue weighted by Gasteiger charge is -2.32. The average molecular weight is 437 g/mol. The standard InChI is InChI=1S/C24H28N4O4/c1-15-12-19(27-22(29)31-13-16-8-6-5-7-9-16)20-17(26-15)10-11-18-21(20)28(14-25-18)23(30)32-24(2,3)4/h5-11,14-15,19,26H,12-13H2,1-4H3,(H,27,29)/t15-,19+/m1/s1. The highest BCUT2D eigenvalue weighted by molar-refractivity contribution is 5.93. The van der Waals surface area contributed by atoms with E-state index in [1.54, 1.807) is 0 Å². The Morgan fingerprint density at radius 3 is 2.66 bits per heavy atom. The van der Waals surface area contributed by atoms with Crippen LogP contribution in [0.4, 0.5) is 15.3 Å². The molecule has 8 heteroatoms. The Kier molecular flexibility index (Phi) is 5.78. The number of amides is 1. The lowest BCUT2D eigenvalue weighted by molar-refractivity contribution is 0.0543. The van der Waals surface area contributed by atoms with Crippen molar-refractivity contribution >= 4 is 28.9 Å². The molecule has 1 amide bonds. The number of alkyl carbamates (subject to hydrolysis) is 1. The van der Waals surface area contributed by atoms with Crippen LogP contribution in [0.2, 0.25) is 0 Å². The van der Waals surface area contributed by atoms with E-state index in [0.29, 0.717) is 17.5 Å². The third kappa shape index (κ3) is 4.69. The molecule has 168 valence electrons. The predicted molar refractivity (Wildman–Crippen MR) is 122 cm³/mol. The molecule has 32 heavy (non-hydrogen) atoms. The molecule has 1 aromatic heterocycles. The number of benzene rings is 2. The number of carbonyl (C=O) groups is 2. The van der Waals surface area contributed by atoms with Gasteiger partial charge in [0.25, 0.3) is 0 Å². The molecule has 0 fully saturated rings. The summed E-state index contributed by atoms with van der Waals surface area (Å²) in [7, 11) is 0. The van der Waals surface area contributed by atoms with Crippen molar-refractivity contribution in [2.24, 2.45) is 0 Å². The second-order valence-electron chi connectivity index (χ2n) is 9.03. The molecule has 2 heterocycles. The first-order valence-electron chi connectivity index (χ1n) is 10.7. The van der Waals surface area contributed by atoms with Crippen LogP contribution in [0.1, 0.15) is 51.3 Å². The van der Waals surface area contributed by atoms with Crippen LogP contribution in [-0.4, -0.2) is 33.4 Å². The second-order valence-corrected chi connectivity index (χ2v) is 9.03. The molecule has 2 aromatic carbocycles. The Labute approximate surface area is 186 Å². The summed E-state index contributed by atoms with van der Waals surface area (Å²) < 4.78 is 12.4. The lowest BCUT2D eigenvalue weighted by Crippen LogP contribution is -2.37. The summed E-state index contributed by atoms with van der Waals surface area (Å²) >= 11 is 0. The largest absolute Gasteiger partial charge is 0.445 e. The van der Waals surface area contributed by atoms with Crippen LogP contribution >= 0.6 is 0 Å². The fraction of sp³-hybridized carbons (Fsp3) is 0.375. The van der Waals surface area contributed by atoms with E-state index in [4.69, 9.17) is 9.47 Å². The van der Waals surface area contributed by atoms with Gasteiger partial charge in [-0.3, -0.25) is 0 Å². The van der Waals surface area contributed by atoms with Gasteiger partial charge in [-0.15, -0.1) is 0 Å². The van der Waals surface area contributed by atoms with Crippen LogP contribution in [0.25, 0.3) is 11.0 Å². The van der Waals surface area contributed by atoms with Crippen molar-refractivity contribution in [1.29, 1.82) is 0 Å². The predicted octanol–water partition coefficient (Wildman–Crippen LogP) is 4.99. The van der Waals surface area contributed by atoms with Crippen LogP contribution in [-0.2, 0) is 16.1 Å². The van der Waals surface area contributed by atoms with Crippen LogP contribution in [0.5, 0.6) is 0 Å². The van der Waals surface area contributed by atoms with Gasteiger partial charge in [0.15, 0.2) is 0 Å². The van der Waals surface area contributed by atoms with Gasteiger partial charge >= 0.3 is 12.2 Å². The zero-order chi connectivity index (χ0) is 22.9. The average Bonchev–Trinajstić information content (AvgIpc) is 3.16. The molecule has 3 aromatic rings. The number of nitrogens with one attached hydrogen (secondary N) is 2. The maximum Gasteiger partial charge on any atom is 0.420 e. The summed E-state index contributed by atoms with van der Waals surface area (Å²) in [6.07, 6.45) is 1.06. The normalized spacial score (nSPS) is 17.9. The molecule has 2 N–H and O–H groups in total. The molecule has 1 aliphatic rings. The Morgan fingerprint density at radius 2 is 1.94 bits per heavy atom. The number of hydrogen-bond donors (Lipinski definition) is 2. The second kappa shape index (κ2) is 8.53. The Morgan fingerprint density at radius 1 is 1.19 bits per heavy atom. The monoisotopic (exact) mass is 436 g/mol. The van der Waals surface area contributed by atoms with Gasteiger partial charge in [0.2, 0.25) is 0 Å². The van der Waals surface area contributed by atoms with Crippen molar-refractivity contribution < 1.29 is 19.1 Å². The summed E-state index contributed by atoms with van der Waals surface area (Å²) in [5.74, 6) is 0. The SMILES string of the molecule is C[C@@H]1C[C@H](NC(=O)OCc2ccccc2)c2c(ccc3ncn(C(=O)OC(C)(C)C)c23)N1. The maximum atomic E-state index is 12.8. The maximum absolute atomic E-state index is 12.8. The summed E-state index contributed by atoms with van der Waals surface area (Å²) in [5, 5.41) is 6.41. The molecule has 0 radical (unpaired) electrons. The summed E-state index contributed by atoms with van der Waals surface area (Å²) in [6, 6.07) is 13.1. The summed E-state index contributed by atoms with van der Waals surface area (Å²) in [5.41, 5.74) is 3.16. The van der Waals surface area contributed by atoms with Gasteiger partial charge in [-0.2, -0.15) is 0 Å². The molecule has 0 bridgehead atoms. The fourth-order valence-corrected chi connectivity index (χ4v) is 3.89. The minimum absolute atomic E-state index is 0.122. The van der Waals surface area contributed by atoms with E-state index in [1.165, 1.54) is 10.9 Å². The third-order valence-corrected chi connectivity index (χ3v) is 5.18. The van der Waals surface area contributed by atoms with Crippen LogP contribution in [0, 0.1) is 0 Å².